The van der Waals surface area contributed by atoms with E-state index in [9.17, 15) is 4.79 Å². The summed E-state index contributed by atoms with van der Waals surface area (Å²) in [5.41, 5.74) is 8.60. The number of nitrogens with zero attached hydrogens (tertiary/aromatic N) is 5. The standard InChI is InChI=1S/C25H22N6O/c1-2-24-28-22-13-12-21(25(32)29-31-17-26-16-27-31)14-23(22)30(24)15-18-8-10-20(11-9-18)19-6-4-3-5-7-19/h3-14,16-17H,2,15H2,1H3,(H,29,32). The average molecular weight is 422 g/mol. The molecule has 0 radical (unpaired) electrons. The summed E-state index contributed by atoms with van der Waals surface area (Å²) in [7, 11) is 0. The van der Waals surface area contributed by atoms with Crippen LogP contribution in [0.25, 0.3) is 22.2 Å². The molecular weight excluding hydrogens is 400 g/mol. The first-order valence-electron chi connectivity index (χ1n) is 10.5. The molecule has 0 bridgehead atoms. The fraction of sp³-hybridized carbons (Fsp3) is 0.120. The number of hydrogen-bond acceptors (Lipinski definition) is 4. The van der Waals surface area contributed by atoms with Gasteiger partial charge in [0.1, 0.15) is 18.5 Å². The zero-order valence-electron chi connectivity index (χ0n) is 17.6. The molecule has 7 heteroatoms. The first kappa shape index (κ1) is 19.7. The zero-order valence-corrected chi connectivity index (χ0v) is 17.6. The quantitative estimate of drug-likeness (QED) is 0.443. The van der Waals surface area contributed by atoms with Crippen molar-refractivity contribution in [3.8, 4) is 11.1 Å². The Morgan fingerprint density at radius 2 is 1.75 bits per heavy atom. The number of fused-ring (bicyclic) bond motifs is 1. The maximum Gasteiger partial charge on any atom is 0.271 e. The van der Waals surface area contributed by atoms with Crippen LogP contribution in [-0.4, -0.2) is 30.3 Å². The molecule has 0 saturated heterocycles. The van der Waals surface area contributed by atoms with Crippen LogP contribution in [0, 0.1) is 0 Å². The third-order valence-electron chi connectivity index (χ3n) is 5.44. The van der Waals surface area contributed by atoms with Crippen LogP contribution in [0.2, 0.25) is 0 Å². The topological polar surface area (TPSA) is 77.6 Å². The number of aromatic nitrogens is 5. The van der Waals surface area contributed by atoms with Crippen LogP contribution in [0.3, 0.4) is 0 Å². The van der Waals surface area contributed by atoms with Gasteiger partial charge in [-0.25, -0.2) is 15.4 Å². The van der Waals surface area contributed by atoms with Gasteiger partial charge in [0.25, 0.3) is 5.91 Å². The van der Waals surface area contributed by atoms with E-state index < -0.39 is 0 Å². The summed E-state index contributed by atoms with van der Waals surface area (Å²) in [6, 6.07) is 24.5. The summed E-state index contributed by atoms with van der Waals surface area (Å²) < 4.78 is 2.18. The predicted octanol–water partition coefficient (Wildman–Crippen LogP) is 4.29. The van der Waals surface area contributed by atoms with E-state index in [1.165, 1.54) is 34.1 Å². The summed E-state index contributed by atoms with van der Waals surface area (Å²) in [5, 5.41) is 3.92. The maximum atomic E-state index is 12.6. The Morgan fingerprint density at radius 3 is 2.47 bits per heavy atom. The lowest BCUT2D eigenvalue weighted by molar-refractivity contribution is 0.100. The fourth-order valence-corrected chi connectivity index (χ4v) is 3.81. The summed E-state index contributed by atoms with van der Waals surface area (Å²) in [6.45, 7) is 2.78. The van der Waals surface area contributed by atoms with Gasteiger partial charge in [-0.3, -0.25) is 4.79 Å². The first-order valence-corrected chi connectivity index (χ1v) is 10.5. The molecule has 158 valence electrons. The van der Waals surface area contributed by atoms with Crippen molar-refractivity contribution in [2.75, 3.05) is 5.43 Å². The Bertz CT molecular complexity index is 1360. The van der Waals surface area contributed by atoms with E-state index in [4.69, 9.17) is 4.98 Å². The molecular formula is C25H22N6O. The van der Waals surface area contributed by atoms with Crippen molar-refractivity contribution in [3.63, 3.8) is 0 Å². The van der Waals surface area contributed by atoms with E-state index in [0.29, 0.717) is 12.1 Å². The summed E-state index contributed by atoms with van der Waals surface area (Å²) in [4.78, 5) is 22.5. The van der Waals surface area contributed by atoms with E-state index in [0.717, 1.165) is 23.3 Å². The smallest absolute Gasteiger partial charge is 0.271 e. The molecule has 1 amide bonds. The highest BCUT2D eigenvalue weighted by Crippen LogP contribution is 2.23. The number of carbonyl (C=O) groups excluding carboxylic acids is 1. The van der Waals surface area contributed by atoms with Crippen LogP contribution in [-0.2, 0) is 13.0 Å². The number of imidazole rings is 1. The fourth-order valence-electron chi connectivity index (χ4n) is 3.81. The SMILES string of the molecule is CCc1nc2ccc(C(=O)Nn3cncn3)cc2n1Cc1ccc(-c2ccccc2)cc1. The van der Waals surface area contributed by atoms with Gasteiger partial charge in [-0.2, -0.15) is 4.79 Å². The van der Waals surface area contributed by atoms with Gasteiger partial charge < -0.3 is 4.57 Å². The molecule has 0 spiro atoms. The second kappa shape index (κ2) is 8.47. The van der Waals surface area contributed by atoms with E-state index >= 15 is 0 Å². The lowest BCUT2D eigenvalue weighted by Gasteiger charge is -2.10. The number of hydrogen-bond donors (Lipinski definition) is 1. The van der Waals surface area contributed by atoms with Gasteiger partial charge in [0.2, 0.25) is 0 Å². The van der Waals surface area contributed by atoms with Gasteiger partial charge >= 0.3 is 0 Å². The van der Waals surface area contributed by atoms with Gasteiger partial charge in [0.15, 0.2) is 0 Å². The van der Waals surface area contributed by atoms with Gasteiger partial charge in [-0.1, -0.05) is 61.5 Å². The first-order chi connectivity index (χ1) is 15.7. The minimum atomic E-state index is -0.254. The van der Waals surface area contributed by atoms with Crippen molar-refractivity contribution in [2.24, 2.45) is 0 Å². The third-order valence-corrected chi connectivity index (χ3v) is 5.44. The molecule has 5 rings (SSSR count). The number of carbonyl (C=O) groups is 1. The zero-order chi connectivity index (χ0) is 21.9. The van der Waals surface area contributed by atoms with Crippen LogP contribution in [0.1, 0.15) is 28.7 Å². The highest BCUT2D eigenvalue weighted by molar-refractivity contribution is 6.02. The molecule has 1 N–H and O–H groups in total. The van der Waals surface area contributed by atoms with E-state index in [2.05, 4.69) is 63.4 Å². The van der Waals surface area contributed by atoms with Crippen molar-refractivity contribution in [2.45, 2.75) is 19.9 Å². The number of nitrogens with one attached hydrogen (secondary N) is 1. The molecule has 0 aliphatic rings. The van der Waals surface area contributed by atoms with Crippen molar-refractivity contribution in [3.05, 3.63) is 102 Å². The lowest BCUT2D eigenvalue weighted by atomic mass is 10.0. The Labute approximate surface area is 185 Å². The molecule has 2 heterocycles. The molecule has 0 aliphatic carbocycles. The highest BCUT2D eigenvalue weighted by atomic mass is 16.2. The monoisotopic (exact) mass is 422 g/mol. The molecule has 2 aromatic heterocycles. The van der Waals surface area contributed by atoms with Crippen LogP contribution in [0.5, 0.6) is 0 Å². The Hall–Kier alpha value is -4.26. The second-order valence-electron chi connectivity index (χ2n) is 7.52. The van der Waals surface area contributed by atoms with E-state index in [-0.39, 0.29) is 5.91 Å². The number of amides is 1. The molecule has 0 fully saturated rings. The van der Waals surface area contributed by atoms with Crippen LogP contribution < -0.4 is 5.43 Å². The Balaban J connectivity index is 1.45. The number of benzene rings is 3. The Kier molecular flexibility index (Phi) is 5.21. The van der Waals surface area contributed by atoms with Gasteiger partial charge in [-0.15, -0.1) is 5.10 Å². The molecule has 0 saturated carbocycles. The van der Waals surface area contributed by atoms with Crippen LogP contribution in [0.15, 0.2) is 85.5 Å². The second-order valence-corrected chi connectivity index (χ2v) is 7.52. The van der Waals surface area contributed by atoms with Crippen LogP contribution >= 0.6 is 0 Å². The van der Waals surface area contributed by atoms with Crippen molar-refractivity contribution in [1.29, 1.82) is 0 Å². The molecule has 3 aromatic carbocycles. The predicted molar refractivity (Wildman–Crippen MR) is 124 cm³/mol. The van der Waals surface area contributed by atoms with Gasteiger partial charge in [0, 0.05) is 18.5 Å². The number of aryl methyl sites for hydroxylation is 1. The largest absolute Gasteiger partial charge is 0.323 e. The van der Waals surface area contributed by atoms with Crippen molar-refractivity contribution < 1.29 is 4.79 Å². The molecule has 0 aliphatic heterocycles. The highest BCUT2D eigenvalue weighted by Gasteiger charge is 2.14. The maximum absolute atomic E-state index is 12.6. The lowest BCUT2D eigenvalue weighted by Crippen LogP contribution is -2.23. The molecule has 7 nitrogen and oxygen atoms in total. The number of rotatable bonds is 6. The van der Waals surface area contributed by atoms with Crippen molar-refractivity contribution >= 4 is 16.9 Å². The minimum Gasteiger partial charge on any atom is -0.323 e. The molecule has 32 heavy (non-hydrogen) atoms. The molecule has 0 atom stereocenters. The van der Waals surface area contributed by atoms with Crippen molar-refractivity contribution in [1.82, 2.24) is 24.4 Å². The Morgan fingerprint density at radius 1 is 0.969 bits per heavy atom. The van der Waals surface area contributed by atoms with Gasteiger partial charge in [-0.05, 0) is 34.9 Å². The van der Waals surface area contributed by atoms with Crippen LogP contribution in [0.4, 0.5) is 0 Å². The summed E-state index contributed by atoms with van der Waals surface area (Å²) >= 11 is 0. The van der Waals surface area contributed by atoms with E-state index in [1.54, 1.807) is 6.07 Å². The third kappa shape index (κ3) is 3.88. The molecule has 0 unspecified atom stereocenters. The average Bonchev–Trinajstić information content (AvgIpc) is 3.47. The minimum absolute atomic E-state index is 0.254. The van der Waals surface area contributed by atoms with Gasteiger partial charge in [0.05, 0.1) is 11.0 Å². The molecule has 5 aromatic rings. The summed E-state index contributed by atoms with van der Waals surface area (Å²) in [5.74, 6) is 0.733. The normalized spacial score (nSPS) is 11.0. The van der Waals surface area contributed by atoms with E-state index in [1.807, 2.05) is 30.3 Å². The summed E-state index contributed by atoms with van der Waals surface area (Å²) in [6.07, 6.45) is 3.61.